The lowest BCUT2D eigenvalue weighted by atomic mass is 9.87. The number of rotatable bonds is 8. The zero-order valence-electron chi connectivity index (χ0n) is 21.8. The van der Waals surface area contributed by atoms with Gasteiger partial charge in [-0.2, -0.15) is 13.2 Å². The second-order valence-electron chi connectivity index (χ2n) is 10.4. The van der Waals surface area contributed by atoms with Gasteiger partial charge in [0.05, 0.1) is 12.1 Å². The lowest BCUT2D eigenvalue weighted by molar-refractivity contribution is -0.137. The summed E-state index contributed by atoms with van der Waals surface area (Å²) in [6.07, 6.45) is -4.42. The molecule has 4 rings (SSSR count). The molecular weight excluding hydrogens is 526 g/mol. The number of alkyl halides is 3. The van der Waals surface area contributed by atoms with Gasteiger partial charge in [0, 0.05) is 24.2 Å². The van der Waals surface area contributed by atoms with Crippen molar-refractivity contribution in [3.8, 4) is 0 Å². The van der Waals surface area contributed by atoms with Gasteiger partial charge >= 0.3 is 6.18 Å². The van der Waals surface area contributed by atoms with Crippen molar-refractivity contribution in [3.63, 3.8) is 0 Å². The summed E-state index contributed by atoms with van der Waals surface area (Å²) in [4.78, 5) is 19.1. The normalized spacial score (nSPS) is 12.1. The Kier molecular flexibility index (Phi) is 8.51. The molecule has 0 saturated heterocycles. The molecule has 0 radical (unpaired) electrons. The number of hydrogen-bond donors (Lipinski definition) is 1. The summed E-state index contributed by atoms with van der Waals surface area (Å²) in [5.41, 5.74) is 2.70. The average Bonchev–Trinajstić information content (AvgIpc) is 3.33. The van der Waals surface area contributed by atoms with E-state index in [4.69, 9.17) is 0 Å². The number of carbonyl (C=O) groups excluding carboxylic acids is 1. The van der Waals surface area contributed by atoms with Crippen LogP contribution in [0.5, 0.6) is 0 Å². The summed E-state index contributed by atoms with van der Waals surface area (Å²) in [5.74, 6) is -0.829. The monoisotopic (exact) mass is 555 g/mol. The van der Waals surface area contributed by atoms with Crippen LogP contribution in [0.1, 0.15) is 58.5 Å². The number of carbonyl (C=O) groups is 1. The first-order valence-electron chi connectivity index (χ1n) is 12.4. The van der Waals surface area contributed by atoms with E-state index in [9.17, 15) is 22.4 Å². The van der Waals surface area contributed by atoms with Crippen molar-refractivity contribution < 1.29 is 22.4 Å². The van der Waals surface area contributed by atoms with E-state index in [0.29, 0.717) is 29.3 Å². The van der Waals surface area contributed by atoms with Gasteiger partial charge in [-0.15, -0.1) is 11.3 Å². The molecule has 1 heterocycles. The van der Waals surface area contributed by atoms with Crippen LogP contribution >= 0.6 is 11.3 Å². The molecule has 0 aliphatic rings. The van der Waals surface area contributed by atoms with Gasteiger partial charge in [-0.25, -0.2) is 9.37 Å². The van der Waals surface area contributed by atoms with E-state index in [2.05, 4.69) is 43.2 Å². The Balaban J connectivity index is 1.53. The lowest BCUT2D eigenvalue weighted by Crippen LogP contribution is -2.23. The molecule has 4 nitrogen and oxygen atoms in total. The van der Waals surface area contributed by atoms with E-state index in [1.54, 1.807) is 11.4 Å². The topological polar surface area (TPSA) is 45.2 Å². The van der Waals surface area contributed by atoms with Crippen molar-refractivity contribution in [1.29, 1.82) is 0 Å². The molecule has 1 N–H and O–H groups in total. The molecule has 0 spiro atoms. The molecule has 204 valence electrons. The number of hydrogen-bond acceptors (Lipinski definition) is 4. The molecule has 0 aliphatic carbocycles. The average molecular weight is 556 g/mol. The van der Waals surface area contributed by atoms with Gasteiger partial charge in [-0.1, -0.05) is 63.2 Å². The van der Waals surface area contributed by atoms with Crippen molar-refractivity contribution in [2.24, 2.45) is 0 Å². The fourth-order valence-electron chi connectivity index (χ4n) is 4.05. The minimum absolute atomic E-state index is 0.00201. The third-order valence-electron chi connectivity index (χ3n) is 6.13. The minimum atomic E-state index is -4.42. The molecule has 39 heavy (non-hydrogen) atoms. The number of benzene rings is 3. The molecule has 0 aliphatic heterocycles. The van der Waals surface area contributed by atoms with Crippen LogP contribution in [0.3, 0.4) is 0 Å². The third-order valence-corrected chi connectivity index (χ3v) is 6.97. The third kappa shape index (κ3) is 7.97. The van der Waals surface area contributed by atoms with Gasteiger partial charge in [0.25, 0.3) is 5.91 Å². The molecule has 1 aromatic heterocycles. The van der Waals surface area contributed by atoms with Crippen molar-refractivity contribution >= 4 is 22.9 Å². The largest absolute Gasteiger partial charge is 0.416 e. The van der Waals surface area contributed by atoms with Crippen LogP contribution in [-0.2, 0) is 31.2 Å². The fourth-order valence-corrected chi connectivity index (χ4v) is 4.86. The van der Waals surface area contributed by atoms with Crippen LogP contribution in [-0.4, -0.2) is 15.8 Å². The minimum Gasteiger partial charge on any atom is -0.321 e. The highest BCUT2D eigenvalue weighted by Gasteiger charge is 2.30. The first-order chi connectivity index (χ1) is 18.4. The zero-order valence-corrected chi connectivity index (χ0v) is 22.7. The second kappa shape index (κ2) is 11.7. The highest BCUT2D eigenvalue weighted by molar-refractivity contribution is 7.09. The smallest absolute Gasteiger partial charge is 0.321 e. The Morgan fingerprint density at radius 1 is 0.872 bits per heavy atom. The number of nitrogens with one attached hydrogen (secondary N) is 1. The molecule has 0 unspecified atom stereocenters. The molecule has 4 aromatic rings. The zero-order chi connectivity index (χ0) is 28.2. The van der Waals surface area contributed by atoms with E-state index >= 15 is 0 Å². The van der Waals surface area contributed by atoms with Gasteiger partial charge in [-0.3, -0.25) is 9.69 Å². The number of nitrogens with zero attached hydrogens (tertiary/aromatic N) is 2. The summed E-state index contributed by atoms with van der Waals surface area (Å²) < 4.78 is 53.1. The van der Waals surface area contributed by atoms with Crippen LogP contribution in [0.4, 0.5) is 23.2 Å². The summed E-state index contributed by atoms with van der Waals surface area (Å²) in [7, 11) is 0. The first-order valence-corrected chi connectivity index (χ1v) is 13.2. The van der Waals surface area contributed by atoms with Crippen molar-refractivity contribution in [2.75, 3.05) is 5.32 Å². The predicted octanol–water partition coefficient (Wildman–Crippen LogP) is 8.05. The Morgan fingerprint density at radius 3 is 2.18 bits per heavy atom. The molecule has 9 heteroatoms. The molecule has 3 aromatic carbocycles. The summed E-state index contributed by atoms with van der Waals surface area (Å²) in [5, 5.41) is 4.97. The van der Waals surface area contributed by atoms with Gasteiger partial charge in [0.15, 0.2) is 0 Å². The van der Waals surface area contributed by atoms with E-state index < -0.39 is 23.5 Å². The van der Waals surface area contributed by atoms with E-state index in [1.165, 1.54) is 53.3 Å². The van der Waals surface area contributed by atoms with Crippen LogP contribution in [0.15, 0.2) is 78.2 Å². The molecule has 0 saturated carbocycles. The maximum absolute atomic E-state index is 13.3. The Morgan fingerprint density at radius 2 is 1.54 bits per heavy atom. The van der Waals surface area contributed by atoms with E-state index in [1.807, 2.05) is 17.0 Å². The quantitative estimate of drug-likeness (QED) is 0.224. The summed E-state index contributed by atoms with van der Waals surface area (Å²) in [6.45, 7) is 7.49. The lowest BCUT2D eigenvalue weighted by Gasteiger charge is -2.23. The van der Waals surface area contributed by atoms with Crippen molar-refractivity contribution in [2.45, 2.75) is 52.0 Å². The van der Waals surface area contributed by atoms with E-state index in [-0.39, 0.29) is 17.7 Å². The first kappa shape index (κ1) is 28.4. The highest BCUT2D eigenvalue weighted by atomic mass is 32.1. The second-order valence-corrected chi connectivity index (χ2v) is 11.3. The van der Waals surface area contributed by atoms with Crippen molar-refractivity contribution in [1.82, 2.24) is 9.88 Å². The Hall–Kier alpha value is -3.56. The maximum atomic E-state index is 13.3. The summed E-state index contributed by atoms with van der Waals surface area (Å²) in [6, 6.07) is 18.9. The molecule has 1 amide bonds. The van der Waals surface area contributed by atoms with E-state index in [0.717, 1.165) is 11.6 Å². The standard InChI is InChI=1S/C30H29F4N3OS/c1-29(2,3)22-9-7-20(8-10-22)16-37(17-21-5-4-6-23(15-21)30(32,33)34)18-27-36-26(19-39-27)28(38)35-25-13-11-24(31)12-14-25/h4-15,19H,16-18H2,1-3H3,(H,35,38). The van der Waals surface area contributed by atoms with Gasteiger partial charge in [0.1, 0.15) is 16.5 Å². The predicted molar refractivity (Wildman–Crippen MR) is 146 cm³/mol. The maximum Gasteiger partial charge on any atom is 0.416 e. The Bertz CT molecular complexity index is 1410. The number of anilines is 1. The fraction of sp³-hybridized carbons (Fsp3) is 0.267. The van der Waals surface area contributed by atoms with Crippen LogP contribution in [0, 0.1) is 5.82 Å². The molecular formula is C30H29F4N3OS. The molecule has 0 bridgehead atoms. The molecule has 0 atom stereocenters. The van der Waals surface area contributed by atoms with Gasteiger partial charge < -0.3 is 5.32 Å². The van der Waals surface area contributed by atoms with Crippen LogP contribution in [0.25, 0.3) is 0 Å². The van der Waals surface area contributed by atoms with Crippen LogP contribution in [0.2, 0.25) is 0 Å². The van der Waals surface area contributed by atoms with Gasteiger partial charge in [-0.05, 0) is 52.4 Å². The number of halogens is 4. The highest BCUT2D eigenvalue weighted by Crippen LogP contribution is 2.30. The summed E-state index contributed by atoms with van der Waals surface area (Å²) >= 11 is 1.30. The number of aromatic nitrogens is 1. The number of amides is 1. The Labute approximate surface area is 229 Å². The molecule has 0 fully saturated rings. The SMILES string of the molecule is CC(C)(C)c1ccc(CN(Cc2cccc(C(F)(F)F)c2)Cc2nc(C(=O)Nc3ccc(F)cc3)cs2)cc1. The van der Waals surface area contributed by atoms with Crippen LogP contribution < -0.4 is 5.32 Å². The van der Waals surface area contributed by atoms with Gasteiger partial charge in [0.2, 0.25) is 0 Å². The van der Waals surface area contributed by atoms with Crippen molar-refractivity contribution in [3.05, 3.63) is 117 Å². The number of thiazole rings is 1.